The smallest absolute Gasteiger partial charge is 0.420 e. The molecule has 9 heteroatoms. The van der Waals surface area contributed by atoms with Crippen LogP contribution in [0.15, 0.2) is 0 Å². The molecule has 0 fully saturated rings. The molecule has 0 aromatic rings. The Labute approximate surface area is 129 Å². The number of rotatable bonds is 3. The zero-order chi connectivity index (χ0) is 17.1. The van der Waals surface area contributed by atoms with Crippen LogP contribution in [0.2, 0.25) is 0 Å². The summed E-state index contributed by atoms with van der Waals surface area (Å²) < 4.78 is 32.5. The minimum Gasteiger partial charge on any atom is -0.443 e. The summed E-state index contributed by atoms with van der Waals surface area (Å²) in [5, 5.41) is 0. The third-order valence-corrected chi connectivity index (χ3v) is 4.02. The van der Waals surface area contributed by atoms with E-state index in [1.807, 2.05) is 0 Å². The van der Waals surface area contributed by atoms with Gasteiger partial charge in [-0.3, -0.25) is 0 Å². The van der Waals surface area contributed by atoms with Crippen molar-refractivity contribution in [3.63, 3.8) is 0 Å². The summed E-state index contributed by atoms with van der Waals surface area (Å²) in [6.45, 7) is 9.84. The Morgan fingerprint density at radius 1 is 0.952 bits per heavy atom. The Hall–Kier alpha value is -0.960. The van der Waals surface area contributed by atoms with Gasteiger partial charge in [0.25, 0.3) is 0 Å². The molecule has 124 valence electrons. The summed E-state index contributed by atoms with van der Waals surface area (Å²) in [6, 6.07) is 0. The first kappa shape index (κ1) is 20.0. The lowest BCUT2D eigenvalue weighted by Gasteiger charge is -2.28. The quantitative estimate of drug-likeness (QED) is 0.576. The Kier molecular flexibility index (Phi) is 6.55. The van der Waals surface area contributed by atoms with Crippen molar-refractivity contribution in [3.8, 4) is 0 Å². The van der Waals surface area contributed by atoms with Gasteiger partial charge in [0.1, 0.15) is 11.2 Å². The van der Waals surface area contributed by atoms with Crippen LogP contribution in [0.25, 0.3) is 0 Å². The third kappa shape index (κ3) is 10.4. The monoisotopic (exact) mass is 341 g/mol. The summed E-state index contributed by atoms with van der Waals surface area (Å²) in [4.78, 5) is 24.6. The molecule has 7 nitrogen and oxygen atoms in total. The van der Waals surface area contributed by atoms with Gasteiger partial charge in [-0.05, 0) is 52.3 Å². The van der Waals surface area contributed by atoms with Crippen LogP contribution in [0.1, 0.15) is 41.5 Å². The van der Waals surface area contributed by atoms with Crippen LogP contribution in [-0.4, -0.2) is 48.8 Å². The summed E-state index contributed by atoms with van der Waals surface area (Å²) in [5.74, 6) is -0.400. The number of ether oxygens (including phenoxy) is 2. The summed E-state index contributed by atoms with van der Waals surface area (Å²) in [7, 11) is -2.97. The highest BCUT2D eigenvalue weighted by atomic mass is 33.1. The topological polar surface area (TPSA) is 90.0 Å². The van der Waals surface area contributed by atoms with Gasteiger partial charge in [0.2, 0.25) is 0 Å². The Morgan fingerprint density at radius 3 is 1.52 bits per heavy atom. The van der Waals surface area contributed by atoms with Gasteiger partial charge in [0.05, 0.1) is 5.88 Å². The van der Waals surface area contributed by atoms with Gasteiger partial charge in [-0.15, -0.1) is 0 Å². The average molecular weight is 341 g/mol. The largest absolute Gasteiger partial charge is 0.443 e. The molecule has 0 aliphatic rings. The molecule has 0 aromatic carbocycles. The van der Waals surface area contributed by atoms with Gasteiger partial charge >= 0.3 is 12.2 Å². The van der Waals surface area contributed by atoms with Crippen molar-refractivity contribution in [1.29, 1.82) is 0 Å². The molecule has 0 aliphatic carbocycles. The van der Waals surface area contributed by atoms with Crippen molar-refractivity contribution < 1.29 is 27.5 Å². The van der Waals surface area contributed by atoms with Crippen LogP contribution in [0.4, 0.5) is 9.59 Å². The van der Waals surface area contributed by atoms with Crippen molar-refractivity contribution >= 4 is 31.8 Å². The predicted molar refractivity (Wildman–Crippen MR) is 81.6 cm³/mol. The van der Waals surface area contributed by atoms with Crippen LogP contribution in [0.3, 0.4) is 0 Å². The number of imide groups is 1. The molecule has 0 unspecified atom stereocenters. The zero-order valence-electron chi connectivity index (χ0n) is 13.4. The standard InChI is InChI=1S/C12H23NO6S2/c1-11(2,3)18-9(14)13(8-20-21(7,16)17)10(15)19-12(4,5)6/h8H2,1-7H3. The van der Waals surface area contributed by atoms with Crippen molar-refractivity contribution in [2.45, 2.75) is 52.7 Å². The molecular weight excluding hydrogens is 318 g/mol. The lowest BCUT2D eigenvalue weighted by Crippen LogP contribution is -2.43. The van der Waals surface area contributed by atoms with Crippen molar-refractivity contribution in [1.82, 2.24) is 4.90 Å². The molecule has 0 spiro atoms. The molecule has 0 saturated carbocycles. The lowest BCUT2D eigenvalue weighted by atomic mass is 10.2. The zero-order valence-corrected chi connectivity index (χ0v) is 15.1. The number of hydrogen-bond donors (Lipinski definition) is 0. The second-order valence-corrected chi connectivity index (χ2v) is 10.8. The molecule has 0 bridgehead atoms. The van der Waals surface area contributed by atoms with E-state index in [1.165, 1.54) is 0 Å². The second kappa shape index (κ2) is 6.87. The van der Waals surface area contributed by atoms with Crippen LogP contribution in [0.5, 0.6) is 0 Å². The first-order chi connectivity index (χ1) is 9.11. The van der Waals surface area contributed by atoms with E-state index in [2.05, 4.69) is 0 Å². The van der Waals surface area contributed by atoms with Crippen molar-refractivity contribution in [2.75, 3.05) is 12.1 Å². The fraction of sp³-hybridized carbons (Fsp3) is 0.833. The molecule has 0 N–H and O–H groups in total. The summed E-state index contributed by atoms with van der Waals surface area (Å²) >= 11 is 0. The van der Waals surface area contributed by atoms with E-state index in [0.717, 1.165) is 6.26 Å². The molecular formula is C12H23NO6S2. The molecule has 0 aromatic heterocycles. The van der Waals surface area contributed by atoms with Crippen LogP contribution < -0.4 is 0 Å². The van der Waals surface area contributed by atoms with Gasteiger partial charge in [-0.1, -0.05) is 0 Å². The molecule has 0 heterocycles. The van der Waals surface area contributed by atoms with Crippen LogP contribution >= 0.6 is 10.8 Å². The normalized spacial score (nSPS) is 12.7. The highest BCUT2D eigenvalue weighted by Gasteiger charge is 2.31. The van der Waals surface area contributed by atoms with E-state index in [-0.39, 0.29) is 0 Å². The summed E-state index contributed by atoms with van der Waals surface area (Å²) in [5.41, 5.74) is -1.62. The highest BCUT2D eigenvalue weighted by molar-refractivity contribution is 8.71. The van der Waals surface area contributed by atoms with E-state index in [9.17, 15) is 18.0 Å². The summed E-state index contributed by atoms with van der Waals surface area (Å²) in [6.07, 6.45) is -0.916. The Bertz CT molecular complexity index is 459. The molecule has 21 heavy (non-hydrogen) atoms. The van der Waals surface area contributed by atoms with E-state index in [0.29, 0.717) is 15.7 Å². The number of hydrogen-bond acceptors (Lipinski definition) is 7. The number of nitrogens with zero attached hydrogens (tertiary/aromatic N) is 1. The Balaban J connectivity index is 5.09. The van der Waals surface area contributed by atoms with Crippen molar-refractivity contribution in [3.05, 3.63) is 0 Å². The highest BCUT2D eigenvalue weighted by Crippen LogP contribution is 2.19. The van der Waals surface area contributed by atoms with E-state index < -0.39 is 38.1 Å². The minimum atomic E-state index is -3.41. The molecule has 0 aliphatic heterocycles. The molecule has 0 radical (unpaired) electrons. The fourth-order valence-corrected chi connectivity index (χ4v) is 2.36. The maximum Gasteiger partial charge on any atom is 0.420 e. The van der Waals surface area contributed by atoms with Crippen LogP contribution in [0, 0.1) is 0 Å². The number of carbonyl (C=O) groups is 2. The molecule has 0 atom stereocenters. The van der Waals surface area contributed by atoms with Gasteiger partial charge in [0.15, 0.2) is 8.87 Å². The minimum absolute atomic E-state index is 0.400. The molecule has 0 rings (SSSR count). The van der Waals surface area contributed by atoms with Crippen LogP contribution in [-0.2, 0) is 18.3 Å². The second-order valence-electron chi connectivity index (χ2n) is 6.34. The maximum absolute atomic E-state index is 12.0. The average Bonchev–Trinajstić information content (AvgIpc) is 2.08. The van der Waals surface area contributed by atoms with E-state index >= 15 is 0 Å². The van der Waals surface area contributed by atoms with Gasteiger partial charge in [-0.25, -0.2) is 22.9 Å². The van der Waals surface area contributed by atoms with Gasteiger partial charge in [-0.2, -0.15) is 0 Å². The SMILES string of the molecule is CC(C)(C)OC(=O)N(CSS(C)(=O)=O)C(=O)OC(C)(C)C. The third-order valence-electron chi connectivity index (χ3n) is 1.62. The fourth-order valence-electron chi connectivity index (χ4n) is 0.962. The Morgan fingerprint density at radius 2 is 1.29 bits per heavy atom. The lowest BCUT2D eigenvalue weighted by molar-refractivity contribution is 0.00544. The van der Waals surface area contributed by atoms with E-state index in [4.69, 9.17) is 9.47 Å². The van der Waals surface area contributed by atoms with Gasteiger partial charge < -0.3 is 9.47 Å². The predicted octanol–water partition coefficient (Wildman–Crippen LogP) is 2.81. The number of carbonyl (C=O) groups excluding carboxylic acids is 2. The van der Waals surface area contributed by atoms with E-state index in [1.54, 1.807) is 41.5 Å². The first-order valence-corrected chi connectivity index (χ1v) is 9.58. The van der Waals surface area contributed by atoms with Gasteiger partial charge in [0, 0.05) is 6.26 Å². The molecule has 0 saturated heterocycles. The first-order valence-electron chi connectivity index (χ1n) is 6.19. The maximum atomic E-state index is 12.0. The number of amides is 2. The molecule has 2 amide bonds. The van der Waals surface area contributed by atoms with Crippen molar-refractivity contribution in [2.24, 2.45) is 0 Å².